The third-order valence-corrected chi connectivity index (χ3v) is 5.86. The molecule has 2 amide bonds. The second-order valence-electron chi connectivity index (χ2n) is 8.37. The van der Waals surface area contributed by atoms with E-state index in [1.54, 1.807) is 29.2 Å². The van der Waals surface area contributed by atoms with Gasteiger partial charge in [0, 0.05) is 17.8 Å². The number of para-hydroxylation sites is 1. The minimum atomic E-state index is -0.790. The van der Waals surface area contributed by atoms with Crippen molar-refractivity contribution in [3.05, 3.63) is 101 Å². The molecule has 0 bridgehead atoms. The zero-order chi connectivity index (χ0) is 24.8. The lowest BCUT2D eigenvalue weighted by atomic mass is 10.0. The Morgan fingerprint density at radius 3 is 2.23 bits per heavy atom. The molecular formula is C27H28N6O2. The van der Waals surface area contributed by atoms with Crippen molar-refractivity contribution >= 4 is 17.5 Å². The highest BCUT2D eigenvalue weighted by Crippen LogP contribution is 2.27. The predicted molar refractivity (Wildman–Crippen MR) is 134 cm³/mol. The summed E-state index contributed by atoms with van der Waals surface area (Å²) in [5.74, 6) is -0.471. The van der Waals surface area contributed by atoms with E-state index in [0.717, 1.165) is 28.1 Å². The molecule has 8 nitrogen and oxygen atoms in total. The molecule has 1 N–H and O–H groups in total. The smallest absolute Gasteiger partial charge is 0.254 e. The molecular weight excluding hydrogens is 440 g/mol. The number of tetrazole rings is 1. The number of rotatable bonds is 8. The molecule has 1 atom stereocenters. The Bertz CT molecular complexity index is 1270. The maximum absolute atomic E-state index is 13.7. The second kappa shape index (κ2) is 10.7. The quantitative estimate of drug-likeness (QED) is 0.411. The number of carbonyl (C=O) groups is 2. The molecule has 0 spiro atoms. The first-order valence-corrected chi connectivity index (χ1v) is 11.6. The third-order valence-electron chi connectivity index (χ3n) is 5.86. The number of carbonyl (C=O) groups excluding carboxylic acids is 2. The molecule has 1 aromatic heterocycles. The van der Waals surface area contributed by atoms with E-state index in [1.807, 2.05) is 69.3 Å². The van der Waals surface area contributed by atoms with Crippen LogP contribution in [0.1, 0.15) is 46.4 Å². The SMILES string of the molecule is CCCN(C(=O)c1ccc(-n2cnnn2)cc1)C(C(=O)Nc1c(C)cccc1C)c1ccccc1. The highest BCUT2D eigenvalue weighted by Gasteiger charge is 2.32. The van der Waals surface area contributed by atoms with Crippen molar-refractivity contribution in [2.75, 3.05) is 11.9 Å². The van der Waals surface area contributed by atoms with Gasteiger partial charge in [-0.2, -0.15) is 0 Å². The van der Waals surface area contributed by atoms with E-state index in [1.165, 1.54) is 11.0 Å². The van der Waals surface area contributed by atoms with Gasteiger partial charge in [-0.25, -0.2) is 4.68 Å². The van der Waals surface area contributed by atoms with Crippen molar-refractivity contribution in [2.45, 2.75) is 33.2 Å². The van der Waals surface area contributed by atoms with Gasteiger partial charge < -0.3 is 10.2 Å². The van der Waals surface area contributed by atoms with Crippen LogP contribution in [-0.4, -0.2) is 43.5 Å². The monoisotopic (exact) mass is 468 g/mol. The van der Waals surface area contributed by atoms with Gasteiger partial charge in [-0.3, -0.25) is 9.59 Å². The number of nitrogens with zero attached hydrogens (tertiary/aromatic N) is 5. The van der Waals surface area contributed by atoms with Gasteiger partial charge in [0.15, 0.2) is 0 Å². The van der Waals surface area contributed by atoms with Crippen LogP contribution in [0.3, 0.4) is 0 Å². The molecule has 8 heteroatoms. The lowest BCUT2D eigenvalue weighted by Gasteiger charge is -2.31. The van der Waals surface area contributed by atoms with Crippen molar-refractivity contribution in [3.63, 3.8) is 0 Å². The maximum Gasteiger partial charge on any atom is 0.254 e. The van der Waals surface area contributed by atoms with E-state index in [2.05, 4.69) is 20.8 Å². The van der Waals surface area contributed by atoms with Crippen molar-refractivity contribution in [2.24, 2.45) is 0 Å². The minimum absolute atomic E-state index is 0.222. The van der Waals surface area contributed by atoms with Crippen LogP contribution in [0.15, 0.2) is 79.1 Å². The molecule has 0 aliphatic rings. The second-order valence-corrected chi connectivity index (χ2v) is 8.37. The van der Waals surface area contributed by atoms with E-state index in [0.29, 0.717) is 18.5 Å². The van der Waals surface area contributed by atoms with Gasteiger partial charge in [-0.15, -0.1) is 5.10 Å². The Hall–Kier alpha value is -4.33. The lowest BCUT2D eigenvalue weighted by molar-refractivity contribution is -0.120. The average Bonchev–Trinajstić information content (AvgIpc) is 3.42. The molecule has 1 unspecified atom stereocenters. The average molecular weight is 469 g/mol. The molecule has 3 aromatic carbocycles. The summed E-state index contributed by atoms with van der Waals surface area (Å²) in [6.45, 7) is 6.34. The van der Waals surface area contributed by atoms with Crippen LogP contribution in [0.25, 0.3) is 5.69 Å². The molecule has 178 valence electrons. The number of hydrogen-bond acceptors (Lipinski definition) is 5. The summed E-state index contributed by atoms with van der Waals surface area (Å²) < 4.78 is 1.52. The van der Waals surface area contributed by atoms with Crippen LogP contribution in [0.2, 0.25) is 0 Å². The Kier molecular flexibility index (Phi) is 7.30. The van der Waals surface area contributed by atoms with E-state index in [9.17, 15) is 9.59 Å². The number of hydrogen-bond donors (Lipinski definition) is 1. The summed E-state index contributed by atoms with van der Waals surface area (Å²) >= 11 is 0. The number of benzene rings is 3. The standard InChI is InChI=1S/C27H28N6O2/c1-4-17-32(27(35)22-13-15-23(16-14-22)33-18-28-30-31-33)25(21-11-6-5-7-12-21)26(34)29-24-19(2)9-8-10-20(24)3/h5-16,18,25H,4,17H2,1-3H3,(H,29,34). The van der Waals surface area contributed by atoms with Gasteiger partial charge in [-0.05, 0) is 71.7 Å². The molecule has 0 aliphatic heterocycles. The van der Waals surface area contributed by atoms with Crippen LogP contribution in [0.5, 0.6) is 0 Å². The molecule has 4 rings (SSSR count). The number of anilines is 1. The molecule has 4 aromatic rings. The van der Waals surface area contributed by atoms with Gasteiger partial charge >= 0.3 is 0 Å². The number of nitrogens with one attached hydrogen (secondary N) is 1. The Morgan fingerprint density at radius 2 is 1.63 bits per heavy atom. The summed E-state index contributed by atoms with van der Waals surface area (Å²) in [6.07, 6.45) is 2.19. The van der Waals surface area contributed by atoms with Crippen LogP contribution < -0.4 is 5.32 Å². The topological polar surface area (TPSA) is 93.0 Å². The van der Waals surface area contributed by atoms with Gasteiger partial charge in [0.25, 0.3) is 11.8 Å². The first-order chi connectivity index (χ1) is 17.0. The fraction of sp³-hybridized carbons (Fsp3) is 0.222. The summed E-state index contributed by atoms with van der Waals surface area (Å²) in [7, 11) is 0. The van der Waals surface area contributed by atoms with Crippen molar-refractivity contribution in [1.82, 2.24) is 25.1 Å². The maximum atomic E-state index is 13.7. The van der Waals surface area contributed by atoms with E-state index in [4.69, 9.17) is 0 Å². The molecule has 1 heterocycles. The lowest BCUT2D eigenvalue weighted by Crippen LogP contribution is -2.42. The third kappa shape index (κ3) is 5.27. The molecule has 35 heavy (non-hydrogen) atoms. The van der Waals surface area contributed by atoms with Gasteiger partial charge in [0.1, 0.15) is 12.4 Å². The first-order valence-electron chi connectivity index (χ1n) is 11.6. The van der Waals surface area contributed by atoms with Crippen molar-refractivity contribution in [1.29, 1.82) is 0 Å². The highest BCUT2D eigenvalue weighted by atomic mass is 16.2. The fourth-order valence-corrected chi connectivity index (χ4v) is 4.10. The van der Waals surface area contributed by atoms with Gasteiger partial charge in [-0.1, -0.05) is 55.5 Å². The van der Waals surface area contributed by atoms with E-state index < -0.39 is 6.04 Å². The van der Waals surface area contributed by atoms with E-state index in [-0.39, 0.29) is 11.8 Å². The number of aromatic nitrogens is 4. The zero-order valence-corrected chi connectivity index (χ0v) is 20.0. The number of aryl methyl sites for hydroxylation is 2. The van der Waals surface area contributed by atoms with Crippen LogP contribution in [0.4, 0.5) is 5.69 Å². The summed E-state index contributed by atoms with van der Waals surface area (Å²) in [5, 5.41) is 14.3. The summed E-state index contributed by atoms with van der Waals surface area (Å²) in [4.78, 5) is 29.1. The van der Waals surface area contributed by atoms with Crippen LogP contribution in [-0.2, 0) is 4.79 Å². The fourth-order valence-electron chi connectivity index (χ4n) is 4.10. The van der Waals surface area contributed by atoms with Crippen LogP contribution >= 0.6 is 0 Å². The molecule has 0 radical (unpaired) electrons. The Balaban J connectivity index is 1.69. The Labute approximate surface area is 204 Å². The first kappa shape index (κ1) is 23.8. The minimum Gasteiger partial charge on any atom is -0.323 e. The van der Waals surface area contributed by atoms with Gasteiger partial charge in [0.05, 0.1) is 5.69 Å². The Morgan fingerprint density at radius 1 is 0.943 bits per heavy atom. The molecule has 0 saturated heterocycles. The van der Waals surface area contributed by atoms with Crippen molar-refractivity contribution in [3.8, 4) is 5.69 Å². The number of amides is 2. The molecule has 0 fully saturated rings. The summed E-state index contributed by atoms with van der Waals surface area (Å²) in [5.41, 5.74) is 4.68. The molecule has 0 saturated carbocycles. The van der Waals surface area contributed by atoms with E-state index >= 15 is 0 Å². The van der Waals surface area contributed by atoms with Gasteiger partial charge in [0.2, 0.25) is 0 Å². The largest absolute Gasteiger partial charge is 0.323 e. The molecule has 0 aliphatic carbocycles. The highest BCUT2D eigenvalue weighted by molar-refractivity contribution is 6.02. The zero-order valence-electron chi connectivity index (χ0n) is 20.0. The predicted octanol–water partition coefficient (Wildman–Crippen LogP) is 4.51. The van der Waals surface area contributed by atoms with Crippen LogP contribution in [0, 0.1) is 13.8 Å². The van der Waals surface area contributed by atoms with Crippen molar-refractivity contribution < 1.29 is 9.59 Å². The summed E-state index contributed by atoms with van der Waals surface area (Å²) in [6, 6.07) is 21.5. The normalized spacial score (nSPS) is 11.6.